The summed E-state index contributed by atoms with van der Waals surface area (Å²) in [4.78, 5) is 7.75. The molecule has 1 saturated heterocycles. The summed E-state index contributed by atoms with van der Waals surface area (Å²) in [6, 6.07) is 16.1. The first-order chi connectivity index (χ1) is 16.9. The van der Waals surface area contributed by atoms with Crippen LogP contribution in [-0.2, 0) is 13.1 Å². The molecule has 182 valence electrons. The van der Waals surface area contributed by atoms with Crippen molar-refractivity contribution in [2.75, 3.05) is 13.1 Å². The van der Waals surface area contributed by atoms with Gasteiger partial charge in [0.2, 0.25) is 0 Å². The van der Waals surface area contributed by atoms with E-state index in [0.717, 1.165) is 47.3 Å². The Morgan fingerprint density at radius 3 is 2.49 bits per heavy atom. The molecule has 2 aliphatic rings. The Bertz CT molecular complexity index is 1450. The van der Waals surface area contributed by atoms with Crippen molar-refractivity contribution in [2.24, 2.45) is 0 Å². The lowest BCUT2D eigenvalue weighted by atomic mass is 10.1. The third kappa shape index (κ3) is 4.57. The molecule has 2 fully saturated rings. The maximum absolute atomic E-state index is 13.4. The number of hydrogen-bond donors (Lipinski definition) is 1. The van der Waals surface area contributed by atoms with Crippen molar-refractivity contribution in [3.63, 3.8) is 0 Å². The summed E-state index contributed by atoms with van der Waals surface area (Å²) in [5.41, 5.74) is 5.89. The van der Waals surface area contributed by atoms with Crippen LogP contribution in [0.2, 0.25) is 0 Å². The summed E-state index contributed by atoms with van der Waals surface area (Å²) in [6.45, 7) is -0.461. The highest BCUT2D eigenvalue weighted by Gasteiger charge is 2.44. The minimum absolute atomic E-state index is 0.154. The number of benzene rings is 2. The monoisotopic (exact) mass is 600 g/mol. The fourth-order valence-corrected chi connectivity index (χ4v) is 9.32. The van der Waals surface area contributed by atoms with E-state index in [-0.39, 0.29) is 5.25 Å². The zero-order valence-electron chi connectivity index (χ0n) is 19.5. The van der Waals surface area contributed by atoms with E-state index in [1.807, 2.05) is 30.6 Å². The molecule has 1 aliphatic carbocycles. The van der Waals surface area contributed by atoms with Crippen LogP contribution in [0.5, 0.6) is 0 Å². The number of piperidine rings is 1. The number of fused-ring (bicyclic) bond motifs is 1. The zero-order chi connectivity index (χ0) is 24.1. The first-order valence-corrected chi connectivity index (χ1v) is 16.8. The van der Waals surface area contributed by atoms with E-state index in [9.17, 15) is 8.76 Å². The molecule has 8 heteroatoms. The minimum atomic E-state index is -3.86. The lowest BCUT2D eigenvalue weighted by molar-refractivity contribution is 0.221. The van der Waals surface area contributed by atoms with Gasteiger partial charge in [0.15, 0.2) is 5.65 Å². The fraction of sp³-hybridized carbons (Fsp3) is 0.333. The average molecular weight is 601 g/mol. The smallest absolute Gasteiger partial charge is 0.162 e. The predicted molar refractivity (Wildman–Crippen MR) is 149 cm³/mol. The molecule has 0 unspecified atom stereocenters. The van der Waals surface area contributed by atoms with Gasteiger partial charge in [0.25, 0.3) is 0 Å². The standard InChI is InChI=1S/C27H29IN4O2S/c28-35(33,34,24-11-12-24)25-6-4-5-22(15-25)26-17-30-32-19-23(16-29-27(26)32)21-9-7-20(8-10-21)18-31-13-2-1-3-14-31/h4-10,15-17,19,24H,1-3,11-14,18H2,(H,33,34). The molecule has 6 rings (SSSR count). The van der Waals surface area contributed by atoms with Crippen LogP contribution in [0, 0.1) is 0 Å². The average Bonchev–Trinajstić information content (AvgIpc) is 3.66. The van der Waals surface area contributed by atoms with E-state index in [1.54, 1.807) is 38.0 Å². The van der Waals surface area contributed by atoms with E-state index >= 15 is 0 Å². The van der Waals surface area contributed by atoms with E-state index in [2.05, 4.69) is 34.3 Å². The first kappa shape index (κ1) is 23.3. The Morgan fingerprint density at radius 1 is 0.971 bits per heavy atom. The van der Waals surface area contributed by atoms with Crippen molar-refractivity contribution in [3.8, 4) is 22.3 Å². The van der Waals surface area contributed by atoms with Gasteiger partial charge in [0.1, 0.15) is 0 Å². The molecule has 35 heavy (non-hydrogen) atoms. The molecule has 0 spiro atoms. The third-order valence-electron chi connectivity index (χ3n) is 7.17. The van der Waals surface area contributed by atoms with Crippen molar-refractivity contribution in [1.29, 1.82) is 0 Å². The molecule has 1 aliphatic heterocycles. The van der Waals surface area contributed by atoms with Gasteiger partial charge in [-0.3, -0.25) is 9.45 Å². The summed E-state index contributed by atoms with van der Waals surface area (Å²) in [7, 11) is 0. The second kappa shape index (κ2) is 8.76. The minimum Gasteiger partial charge on any atom is -0.299 e. The second-order valence-corrected chi connectivity index (χ2v) is 17.8. The maximum Gasteiger partial charge on any atom is 0.162 e. The van der Waals surface area contributed by atoms with Crippen molar-refractivity contribution < 1.29 is 8.76 Å². The summed E-state index contributed by atoms with van der Waals surface area (Å²) < 4.78 is 26.2. The van der Waals surface area contributed by atoms with Crippen molar-refractivity contribution in [1.82, 2.24) is 19.5 Å². The number of aromatic nitrogens is 3. The Hall–Kier alpha value is -2.14. The van der Waals surface area contributed by atoms with E-state index in [4.69, 9.17) is 4.98 Å². The van der Waals surface area contributed by atoms with Crippen LogP contribution in [0.3, 0.4) is 0 Å². The van der Waals surface area contributed by atoms with Gasteiger partial charge in [0, 0.05) is 30.1 Å². The molecule has 2 aromatic heterocycles. The number of likely N-dealkylation sites (tertiary alicyclic amines) is 1. The van der Waals surface area contributed by atoms with Gasteiger partial charge in [0.05, 0.1) is 37.5 Å². The number of rotatable bonds is 6. The largest absolute Gasteiger partial charge is 0.299 e. The van der Waals surface area contributed by atoms with Gasteiger partial charge in [-0.1, -0.05) is 42.8 Å². The number of hydrogen-bond acceptors (Lipinski definition) is 4. The van der Waals surface area contributed by atoms with E-state index < -0.39 is 6.52 Å². The summed E-state index contributed by atoms with van der Waals surface area (Å²) in [5, 5.41) is 4.39. The SMILES string of the molecule is O=S(O)(I)(c1cccc(-c2cnn3cc(-c4ccc(CN5CCCCC5)cc4)cnc23)c1)C1CC1. The van der Waals surface area contributed by atoms with Crippen molar-refractivity contribution in [3.05, 3.63) is 72.7 Å². The number of nitrogens with zero attached hydrogens (tertiary/aromatic N) is 4. The lowest BCUT2D eigenvalue weighted by Crippen LogP contribution is -2.29. The van der Waals surface area contributed by atoms with E-state index in [1.165, 1.54) is 37.9 Å². The molecule has 1 saturated carbocycles. The topological polar surface area (TPSA) is 70.7 Å². The molecule has 1 N–H and O–H groups in total. The highest BCUT2D eigenvalue weighted by atomic mass is 127. The van der Waals surface area contributed by atoms with Gasteiger partial charge in [-0.25, -0.2) is 9.50 Å². The molecule has 0 bridgehead atoms. The molecule has 0 atom stereocenters. The normalized spacial score (nSPS) is 18.4. The Balaban J connectivity index is 1.26. The quantitative estimate of drug-likeness (QED) is 0.211. The molecular formula is C27H29IN4O2S. The molecule has 6 nitrogen and oxygen atoms in total. The van der Waals surface area contributed by atoms with Crippen LogP contribution < -0.4 is 0 Å². The highest BCUT2D eigenvalue weighted by molar-refractivity contribution is 14.2. The van der Waals surface area contributed by atoms with Crippen molar-refractivity contribution in [2.45, 2.75) is 48.8 Å². The van der Waals surface area contributed by atoms with Gasteiger partial charge < -0.3 is 0 Å². The van der Waals surface area contributed by atoms with E-state index in [0.29, 0.717) is 4.90 Å². The van der Waals surface area contributed by atoms with Gasteiger partial charge in [-0.2, -0.15) is 9.31 Å². The lowest BCUT2D eigenvalue weighted by Gasteiger charge is -2.36. The maximum atomic E-state index is 13.4. The van der Waals surface area contributed by atoms with Crippen LogP contribution in [0.25, 0.3) is 27.9 Å². The fourth-order valence-electron chi connectivity index (χ4n) is 4.97. The molecule has 0 amide bonds. The predicted octanol–water partition coefficient (Wildman–Crippen LogP) is 6.21. The molecule has 4 aromatic rings. The second-order valence-electron chi connectivity index (χ2n) is 9.80. The van der Waals surface area contributed by atoms with Crippen LogP contribution in [-0.4, -0.2) is 46.6 Å². The van der Waals surface area contributed by atoms with Crippen LogP contribution in [0.1, 0.15) is 37.7 Å². The first-order valence-electron chi connectivity index (χ1n) is 12.2. The Kier molecular flexibility index (Phi) is 5.82. The molecule has 3 heterocycles. The number of halogens is 1. The van der Waals surface area contributed by atoms with Gasteiger partial charge in [-0.15, -0.1) is 6.52 Å². The van der Waals surface area contributed by atoms with Gasteiger partial charge >= 0.3 is 0 Å². The highest BCUT2D eigenvalue weighted by Crippen LogP contribution is 2.54. The molecular weight excluding hydrogens is 571 g/mol. The Labute approximate surface area is 217 Å². The molecule has 2 aromatic carbocycles. The van der Waals surface area contributed by atoms with Crippen LogP contribution in [0.4, 0.5) is 0 Å². The van der Waals surface area contributed by atoms with Crippen molar-refractivity contribution >= 4 is 33.4 Å². The van der Waals surface area contributed by atoms with Crippen LogP contribution >= 0.6 is 21.2 Å². The zero-order valence-corrected chi connectivity index (χ0v) is 22.5. The Morgan fingerprint density at radius 2 is 1.74 bits per heavy atom. The summed E-state index contributed by atoms with van der Waals surface area (Å²) in [6.07, 6.45) is 11.2. The summed E-state index contributed by atoms with van der Waals surface area (Å²) >= 11 is 1.78. The molecule has 0 radical (unpaired) electrons. The third-order valence-corrected chi connectivity index (χ3v) is 13.6. The summed E-state index contributed by atoms with van der Waals surface area (Å²) in [5.74, 6) is 0. The van der Waals surface area contributed by atoms with Crippen LogP contribution in [0.15, 0.2) is 72.0 Å². The van der Waals surface area contributed by atoms with Gasteiger partial charge in [-0.05, 0) is 67.6 Å².